The molecule has 2 aromatic carbocycles. The maximum absolute atomic E-state index is 12.9. The molecule has 4 heterocycles. The zero-order valence-electron chi connectivity index (χ0n) is 32.4. The number of halogens is 1. The standard InChI is InChI=1S/C22H30N6O3S.C17H20BrN5O2S/c1-24-22(20(23)31)9-11-28(12-10-22)17-7-3-2-5-14(17)25-19(30)16-13-32-21(27-16)26-15-6-4-8-18(15)29;1-20-17(15(19)25)6-8-23(9-7-17)13-5-3-2-4-11(13)21-14(24)12-10-26-16(18)22-12/h2-3,5,7,13,15,18,24,29H,4,6,8-12H2,1H3,(H2,23,31)(H,25,30)(H,26,27);2-5,10,20H,6-9H2,1H3,(H2,19,25)(H,21,24)/t15-,18-;/m1./s1. The van der Waals surface area contributed by atoms with Crippen molar-refractivity contribution in [2.75, 3.05) is 66.0 Å². The van der Waals surface area contributed by atoms with E-state index in [0.29, 0.717) is 78.0 Å². The third-order valence-electron chi connectivity index (χ3n) is 11.4. The van der Waals surface area contributed by atoms with Gasteiger partial charge < -0.3 is 53.0 Å². The van der Waals surface area contributed by atoms with Gasteiger partial charge in [-0.1, -0.05) is 24.3 Å². The van der Waals surface area contributed by atoms with Crippen molar-refractivity contribution in [3.8, 4) is 0 Å². The highest BCUT2D eigenvalue weighted by molar-refractivity contribution is 9.11. The van der Waals surface area contributed by atoms with Crippen LogP contribution in [0.5, 0.6) is 0 Å². The number of para-hydroxylation sites is 4. The van der Waals surface area contributed by atoms with Crippen LogP contribution in [-0.4, -0.2) is 102 Å². The van der Waals surface area contributed by atoms with Crippen molar-refractivity contribution < 1.29 is 24.3 Å². The maximum atomic E-state index is 12.9. The molecule has 58 heavy (non-hydrogen) atoms. The number of likely N-dealkylation sites (N-methyl/N-ethyl adjacent to an activating group) is 2. The fourth-order valence-electron chi connectivity index (χ4n) is 7.65. The summed E-state index contributed by atoms with van der Waals surface area (Å²) in [6.07, 6.45) is 4.71. The van der Waals surface area contributed by atoms with E-state index in [2.05, 4.69) is 62.3 Å². The molecule has 0 unspecified atom stereocenters. The predicted molar refractivity (Wildman–Crippen MR) is 233 cm³/mol. The number of aromatic nitrogens is 2. The van der Waals surface area contributed by atoms with Gasteiger partial charge in [0, 0.05) is 36.9 Å². The van der Waals surface area contributed by atoms with Crippen LogP contribution in [0.3, 0.4) is 0 Å². The number of carbonyl (C=O) groups excluding carboxylic acids is 4. The Hall–Kier alpha value is -4.66. The third kappa shape index (κ3) is 9.78. The van der Waals surface area contributed by atoms with Crippen LogP contribution >= 0.6 is 38.6 Å². The van der Waals surface area contributed by atoms with Crippen LogP contribution < -0.4 is 47.9 Å². The quantitative estimate of drug-likeness (QED) is 0.101. The molecule has 4 amide bonds. The smallest absolute Gasteiger partial charge is 0.275 e. The van der Waals surface area contributed by atoms with Gasteiger partial charge in [-0.3, -0.25) is 19.2 Å². The average molecular weight is 897 g/mol. The van der Waals surface area contributed by atoms with Crippen molar-refractivity contribution in [3.63, 3.8) is 0 Å². The summed E-state index contributed by atoms with van der Waals surface area (Å²) in [4.78, 5) is 61.9. The number of rotatable bonds is 12. The lowest BCUT2D eigenvalue weighted by Gasteiger charge is -2.41. The number of aliphatic hydroxyl groups excluding tert-OH is 1. The number of primary amides is 2. The Bertz CT molecular complexity index is 2080. The Balaban J connectivity index is 0.000000200. The van der Waals surface area contributed by atoms with Gasteiger partial charge in [0.1, 0.15) is 22.5 Å². The van der Waals surface area contributed by atoms with Crippen molar-refractivity contribution in [3.05, 3.63) is 74.6 Å². The molecule has 10 N–H and O–H groups in total. The van der Waals surface area contributed by atoms with Crippen LogP contribution in [0.1, 0.15) is 65.9 Å². The number of nitrogens with two attached hydrogens (primary N) is 2. The van der Waals surface area contributed by atoms with Crippen LogP contribution in [0.4, 0.5) is 27.9 Å². The van der Waals surface area contributed by atoms with Gasteiger partial charge >= 0.3 is 0 Å². The van der Waals surface area contributed by atoms with Gasteiger partial charge in [0.15, 0.2) is 9.05 Å². The summed E-state index contributed by atoms with van der Waals surface area (Å²) in [7, 11) is 3.53. The summed E-state index contributed by atoms with van der Waals surface area (Å²) in [6, 6.07) is 15.2. The lowest BCUT2D eigenvalue weighted by molar-refractivity contribution is -0.125. The van der Waals surface area contributed by atoms with Crippen molar-refractivity contribution in [2.24, 2.45) is 11.5 Å². The molecule has 310 valence electrons. The van der Waals surface area contributed by atoms with E-state index in [9.17, 15) is 24.3 Å². The molecular formula is C39H50BrN11O5S2. The molecule has 2 aliphatic heterocycles. The van der Waals surface area contributed by atoms with Crippen LogP contribution in [-0.2, 0) is 9.59 Å². The lowest BCUT2D eigenvalue weighted by Crippen LogP contribution is -2.59. The topological polar surface area (TPSA) is 233 Å². The molecule has 1 saturated carbocycles. The number of hydrogen-bond acceptors (Lipinski definition) is 14. The number of piperidine rings is 2. The summed E-state index contributed by atoms with van der Waals surface area (Å²) in [5.74, 6) is -1.19. The Morgan fingerprint density at radius 1 is 0.741 bits per heavy atom. The molecule has 4 aromatic rings. The number of aliphatic hydroxyl groups is 1. The minimum Gasteiger partial charge on any atom is -0.391 e. The normalized spacial score (nSPS) is 19.7. The SMILES string of the molecule is CNC1(C(N)=O)CCN(c2ccccc2NC(=O)c2csc(Br)n2)CC1.CNC1(C(N)=O)CCN(c2ccccc2NC(=O)c2csc(N[C@@H]3CCC[C@H]3O)n2)CC1. The summed E-state index contributed by atoms with van der Waals surface area (Å²) >= 11 is 5.99. The van der Waals surface area contributed by atoms with Crippen LogP contribution in [0, 0.1) is 0 Å². The molecule has 16 nitrogen and oxygen atoms in total. The molecule has 2 saturated heterocycles. The van der Waals surface area contributed by atoms with E-state index in [0.717, 1.165) is 36.3 Å². The number of nitrogens with one attached hydrogen (secondary N) is 5. The number of benzene rings is 2. The van der Waals surface area contributed by atoms with Gasteiger partial charge in [0.25, 0.3) is 11.8 Å². The molecule has 7 rings (SSSR count). The number of hydrogen-bond donors (Lipinski definition) is 8. The van der Waals surface area contributed by atoms with Gasteiger partial charge in [-0.25, -0.2) is 9.97 Å². The van der Waals surface area contributed by atoms with E-state index >= 15 is 0 Å². The molecule has 0 spiro atoms. The zero-order valence-corrected chi connectivity index (χ0v) is 35.6. The van der Waals surface area contributed by atoms with E-state index in [4.69, 9.17) is 11.5 Å². The Kier molecular flexibility index (Phi) is 14.0. The largest absolute Gasteiger partial charge is 0.391 e. The molecule has 19 heteroatoms. The average Bonchev–Trinajstić information content (AvgIpc) is 4.00. The fourth-order valence-corrected chi connectivity index (χ4v) is 9.39. The first kappa shape index (κ1) is 42.9. The maximum Gasteiger partial charge on any atom is 0.275 e. The Labute approximate surface area is 353 Å². The highest BCUT2D eigenvalue weighted by atomic mass is 79.9. The van der Waals surface area contributed by atoms with E-state index in [-0.39, 0.29) is 35.8 Å². The number of amides is 4. The first-order chi connectivity index (χ1) is 27.9. The minimum atomic E-state index is -0.689. The summed E-state index contributed by atoms with van der Waals surface area (Å²) < 4.78 is 0.668. The van der Waals surface area contributed by atoms with Gasteiger partial charge in [-0.05, 0) is 99.2 Å². The molecule has 0 bridgehead atoms. The Morgan fingerprint density at radius 2 is 1.21 bits per heavy atom. The van der Waals surface area contributed by atoms with Gasteiger partial charge in [0.05, 0.1) is 34.9 Å². The fraction of sp³-hybridized carbons (Fsp3) is 0.436. The Morgan fingerprint density at radius 3 is 1.62 bits per heavy atom. The molecule has 2 atom stereocenters. The van der Waals surface area contributed by atoms with Gasteiger partial charge in [-0.15, -0.1) is 22.7 Å². The molecule has 3 aliphatic rings. The number of carbonyl (C=O) groups is 4. The second kappa shape index (κ2) is 18.9. The second-order valence-corrected chi connectivity index (χ2v) is 17.6. The van der Waals surface area contributed by atoms with Crippen molar-refractivity contribution in [1.29, 1.82) is 0 Å². The van der Waals surface area contributed by atoms with Gasteiger partial charge in [-0.2, -0.15) is 0 Å². The summed E-state index contributed by atoms with van der Waals surface area (Å²) in [5, 5.41) is 29.4. The lowest BCUT2D eigenvalue weighted by atomic mass is 9.86. The molecular weight excluding hydrogens is 847 g/mol. The highest BCUT2D eigenvalue weighted by Gasteiger charge is 2.40. The predicted octanol–water partition coefficient (Wildman–Crippen LogP) is 3.97. The molecule has 1 aliphatic carbocycles. The van der Waals surface area contributed by atoms with Crippen LogP contribution in [0.2, 0.25) is 0 Å². The number of nitrogens with zero attached hydrogens (tertiary/aromatic N) is 4. The van der Waals surface area contributed by atoms with E-state index in [1.165, 1.54) is 22.7 Å². The van der Waals surface area contributed by atoms with Crippen molar-refractivity contribution >= 4 is 90.1 Å². The van der Waals surface area contributed by atoms with Crippen molar-refractivity contribution in [2.45, 2.75) is 68.2 Å². The zero-order chi connectivity index (χ0) is 41.5. The van der Waals surface area contributed by atoms with Crippen LogP contribution in [0.25, 0.3) is 0 Å². The molecule has 0 radical (unpaired) electrons. The number of thiazole rings is 2. The molecule has 2 aromatic heterocycles. The van der Waals surface area contributed by atoms with Gasteiger partial charge in [0.2, 0.25) is 11.8 Å². The second-order valence-electron chi connectivity index (χ2n) is 14.6. The highest BCUT2D eigenvalue weighted by Crippen LogP contribution is 2.34. The van der Waals surface area contributed by atoms with E-state index in [1.807, 2.05) is 48.5 Å². The first-order valence-electron chi connectivity index (χ1n) is 19.2. The minimum absolute atomic E-state index is 0.0120. The number of anilines is 5. The summed E-state index contributed by atoms with van der Waals surface area (Å²) in [6.45, 7) is 2.62. The molecule has 3 fully saturated rings. The van der Waals surface area contributed by atoms with Crippen molar-refractivity contribution in [1.82, 2.24) is 20.6 Å². The van der Waals surface area contributed by atoms with E-state index in [1.54, 1.807) is 24.9 Å². The monoisotopic (exact) mass is 895 g/mol. The van der Waals surface area contributed by atoms with E-state index < -0.39 is 11.1 Å². The van der Waals surface area contributed by atoms with Crippen LogP contribution in [0.15, 0.2) is 63.2 Å². The summed E-state index contributed by atoms with van der Waals surface area (Å²) in [5.41, 5.74) is 13.8. The first-order valence-corrected chi connectivity index (χ1v) is 21.7. The third-order valence-corrected chi connectivity index (χ3v) is 13.5.